The number of benzene rings is 1. The van der Waals surface area contributed by atoms with Gasteiger partial charge in [-0.05, 0) is 17.7 Å². The Balaban J connectivity index is 1.56. The van der Waals surface area contributed by atoms with Gasteiger partial charge in [0.1, 0.15) is 12.6 Å². The smallest absolute Gasteiger partial charge is 0.273 e. The number of primary amides is 1. The highest BCUT2D eigenvalue weighted by molar-refractivity contribution is 6.30. The van der Waals surface area contributed by atoms with E-state index in [2.05, 4.69) is 4.90 Å². The van der Waals surface area contributed by atoms with Crippen LogP contribution in [0.15, 0.2) is 24.3 Å². The van der Waals surface area contributed by atoms with E-state index in [-0.39, 0.29) is 6.42 Å². The number of carbonyl (C=O) groups excluding carboxylic acids is 1. The third-order valence-corrected chi connectivity index (χ3v) is 5.00. The summed E-state index contributed by atoms with van der Waals surface area (Å²) in [5.74, 6) is -3.12. The van der Waals surface area contributed by atoms with Gasteiger partial charge in [-0.1, -0.05) is 23.7 Å². The molecule has 1 aromatic rings. The highest BCUT2D eigenvalue weighted by atomic mass is 35.5. The molecule has 25 heavy (non-hydrogen) atoms. The van der Waals surface area contributed by atoms with Gasteiger partial charge in [-0.25, -0.2) is 8.78 Å². The molecule has 2 aliphatic rings. The average molecular weight is 374 g/mol. The zero-order valence-corrected chi connectivity index (χ0v) is 14.6. The van der Waals surface area contributed by atoms with Crippen LogP contribution in [0.5, 0.6) is 0 Å². The Hall–Kier alpha value is -1.28. The first-order valence-electron chi connectivity index (χ1n) is 8.35. The summed E-state index contributed by atoms with van der Waals surface area (Å²) >= 11 is 5.90. The van der Waals surface area contributed by atoms with Crippen LogP contribution in [0.3, 0.4) is 0 Å². The van der Waals surface area contributed by atoms with Gasteiger partial charge in [-0.15, -0.1) is 0 Å². The SMILES string of the molecule is NC(=O)C(c1ccc(Cl)cc1)N1CCN(CC2CC(F)(F)CO2)CC1. The van der Waals surface area contributed by atoms with Crippen LogP contribution in [0.4, 0.5) is 8.78 Å². The Labute approximate surface area is 150 Å². The third kappa shape index (κ3) is 4.67. The molecule has 0 aromatic heterocycles. The molecule has 2 aliphatic heterocycles. The largest absolute Gasteiger partial charge is 0.370 e. The lowest BCUT2D eigenvalue weighted by Gasteiger charge is -2.38. The van der Waals surface area contributed by atoms with E-state index in [9.17, 15) is 13.6 Å². The molecule has 0 aliphatic carbocycles. The molecule has 8 heteroatoms. The van der Waals surface area contributed by atoms with Crippen molar-refractivity contribution in [2.75, 3.05) is 39.3 Å². The third-order valence-electron chi connectivity index (χ3n) is 4.75. The first-order valence-corrected chi connectivity index (χ1v) is 8.72. The predicted molar refractivity (Wildman–Crippen MR) is 90.7 cm³/mol. The van der Waals surface area contributed by atoms with Crippen LogP contribution in [0.1, 0.15) is 18.0 Å². The topological polar surface area (TPSA) is 58.8 Å². The second-order valence-electron chi connectivity index (χ2n) is 6.69. The second-order valence-corrected chi connectivity index (χ2v) is 7.12. The molecule has 1 amide bonds. The van der Waals surface area contributed by atoms with E-state index in [1.165, 1.54) is 0 Å². The van der Waals surface area contributed by atoms with Gasteiger partial charge >= 0.3 is 0 Å². The minimum absolute atomic E-state index is 0.220. The molecule has 2 heterocycles. The van der Waals surface area contributed by atoms with E-state index in [1.807, 2.05) is 4.90 Å². The summed E-state index contributed by atoms with van der Waals surface area (Å²) in [7, 11) is 0. The molecule has 3 rings (SSSR count). The number of hydrogen-bond acceptors (Lipinski definition) is 4. The zero-order valence-electron chi connectivity index (χ0n) is 13.8. The first kappa shape index (κ1) is 18.5. The fourth-order valence-electron chi connectivity index (χ4n) is 3.50. The summed E-state index contributed by atoms with van der Waals surface area (Å²) in [5, 5.41) is 0.602. The summed E-state index contributed by atoms with van der Waals surface area (Å²) in [6, 6.07) is 6.57. The lowest BCUT2D eigenvalue weighted by atomic mass is 10.0. The van der Waals surface area contributed by atoms with Crippen LogP contribution in [-0.2, 0) is 9.53 Å². The van der Waals surface area contributed by atoms with Crippen LogP contribution in [-0.4, -0.2) is 67.1 Å². The number of rotatable bonds is 5. The molecule has 2 atom stereocenters. The van der Waals surface area contributed by atoms with Crippen molar-refractivity contribution < 1.29 is 18.3 Å². The fourth-order valence-corrected chi connectivity index (χ4v) is 3.63. The van der Waals surface area contributed by atoms with Crippen LogP contribution in [0, 0.1) is 0 Å². The molecule has 138 valence electrons. The number of nitrogens with two attached hydrogens (primary N) is 1. The van der Waals surface area contributed by atoms with Crippen LogP contribution in [0.25, 0.3) is 0 Å². The Morgan fingerprint density at radius 1 is 1.28 bits per heavy atom. The minimum Gasteiger partial charge on any atom is -0.370 e. The number of alkyl halides is 2. The van der Waals surface area contributed by atoms with Crippen molar-refractivity contribution >= 4 is 17.5 Å². The summed E-state index contributed by atoms with van der Waals surface area (Å²) in [6.07, 6.45) is -0.646. The second kappa shape index (κ2) is 7.53. The van der Waals surface area contributed by atoms with Gasteiger partial charge < -0.3 is 10.5 Å². The average Bonchev–Trinajstić information content (AvgIpc) is 2.89. The Bertz CT molecular complexity index is 606. The Morgan fingerprint density at radius 2 is 1.92 bits per heavy atom. The van der Waals surface area contributed by atoms with Gasteiger partial charge in [0.2, 0.25) is 5.91 Å². The van der Waals surface area contributed by atoms with Crippen molar-refractivity contribution in [3.05, 3.63) is 34.9 Å². The van der Waals surface area contributed by atoms with Gasteiger partial charge in [-0.2, -0.15) is 0 Å². The number of amides is 1. The van der Waals surface area contributed by atoms with E-state index in [0.717, 1.165) is 5.56 Å². The Kier molecular flexibility index (Phi) is 5.58. The highest BCUT2D eigenvalue weighted by Gasteiger charge is 2.41. The van der Waals surface area contributed by atoms with Crippen molar-refractivity contribution in [2.45, 2.75) is 24.5 Å². The van der Waals surface area contributed by atoms with Gasteiger partial charge in [-0.3, -0.25) is 14.6 Å². The summed E-state index contributed by atoms with van der Waals surface area (Å²) in [5.41, 5.74) is 6.41. The maximum absolute atomic E-state index is 13.2. The first-order chi connectivity index (χ1) is 11.8. The van der Waals surface area contributed by atoms with Crippen molar-refractivity contribution in [1.82, 2.24) is 9.80 Å². The molecular weight excluding hydrogens is 352 g/mol. The van der Waals surface area contributed by atoms with Crippen LogP contribution < -0.4 is 5.73 Å². The molecule has 5 nitrogen and oxygen atoms in total. The van der Waals surface area contributed by atoms with Gasteiger partial charge in [0.05, 0.1) is 6.10 Å². The van der Waals surface area contributed by atoms with Crippen molar-refractivity contribution in [1.29, 1.82) is 0 Å². The van der Waals surface area contributed by atoms with Crippen LogP contribution >= 0.6 is 11.6 Å². The van der Waals surface area contributed by atoms with Crippen LogP contribution in [0.2, 0.25) is 5.02 Å². The normalized spacial score (nSPS) is 25.8. The molecule has 0 radical (unpaired) electrons. The predicted octanol–water partition coefficient (Wildman–Crippen LogP) is 1.91. The lowest BCUT2D eigenvalue weighted by molar-refractivity contribution is -0.124. The zero-order chi connectivity index (χ0) is 18.0. The maximum atomic E-state index is 13.2. The number of nitrogens with zero attached hydrogens (tertiary/aromatic N) is 2. The number of hydrogen-bond donors (Lipinski definition) is 1. The lowest BCUT2D eigenvalue weighted by Crippen LogP contribution is -2.51. The minimum atomic E-state index is -2.71. The van der Waals surface area contributed by atoms with E-state index >= 15 is 0 Å². The van der Waals surface area contributed by atoms with Gasteiger partial charge in [0, 0.05) is 44.2 Å². The number of piperazine rings is 1. The molecule has 0 bridgehead atoms. The number of carbonyl (C=O) groups is 1. The molecule has 0 spiro atoms. The van der Waals surface area contributed by atoms with E-state index in [4.69, 9.17) is 22.1 Å². The molecule has 2 N–H and O–H groups in total. The molecule has 1 aromatic carbocycles. The van der Waals surface area contributed by atoms with E-state index in [1.54, 1.807) is 24.3 Å². The van der Waals surface area contributed by atoms with Crippen molar-refractivity contribution in [3.63, 3.8) is 0 Å². The van der Waals surface area contributed by atoms with E-state index < -0.39 is 30.6 Å². The quantitative estimate of drug-likeness (QED) is 0.856. The number of halogens is 3. The van der Waals surface area contributed by atoms with Crippen molar-refractivity contribution in [2.24, 2.45) is 5.73 Å². The monoisotopic (exact) mass is 373 g/mol. The van der Waals surface area contributed by atoms with E-state index in [0.29, 0.717) is 37.7 Å². The summed E-state index contributed by atoms with van der Waals surface area (Å²) in [4.78, 5) is 16.1. The van der Waals surface area contributed by atoms with Gasteiger partial charge in [0.25, 0.3) is 5.92 Å². The molecule has 2 saturated heterocycles. The molecular formula is C17H22ClF2N3O2. The highest BCUT2D eigenvalue weighted by Crippen LogP contribution is 2.30. The fraction of sp³-hybridized carbons (Fsp3) is 0.588. The summed E-state index contributed by atoms with van der Waals surface area (Å²) in [6.45, 7) is 2.65. The van der Waals surface area contributed by atoms with Gasteiger partial charge in [0.15, 0.2) is 0 Å². The maximum Gasteiger partial charge on any atom is 0.273 e. The Morgan fingerprint density at radius 3 is 2.44 bits per heavy atom. The molecule has 2 fully saturated rings. The summed E-state index contributed by atoms with van der Waals surface area (Å²) < 4.78 is 31.6. The molecule has 2 unspecified atom stereocenters. The molecule has 0 saturated carbocycles. The number of ether oxygens (including phenoxy) is 1. The van der Waals surface area contributed by atoms with Crippen molar-refractivity contribution in [3.8, 4) is 0 Å². The standard InChI is InChI=1S/C17H22ClF2N3O2/c18-13-3-1-12(2-4-13)15(16(21)24)23-7-5-22(6-8-23)10-14-9-17(19,20)11-25-14/h1-4,14-15H,5-11H2,(H2,21,24).